The minimum atomic E-state index is -2.53. The molecule has 0 aromatic heterocycles. The first-order chi connectivity index (χ1) is 7.21. The summed E-state index contributed by atoms with van der Waals surface area (Å²) >= 11 is 13.0. The molecule has 0 fully saturated rings. The summed E-state index contributed by atoms with van der Waals surface area (Å²) in [6.07, 6.45) is 0. The molecule has 0 unspecified atom stereocenters. The van der Waals surface area contributed by atoms with E-state index < -0.39 is 5.97 Å². The fourth-order valence-corrected chi connectivity index (χ4v) is 4.45. The van der Waals surface area contributed by atoms with E-state index in [9.17, 15) is 0 Å². The van der Waals surface area contributed by atoms with Crippen LogP contribution in [0.1, 0.15) is 0 Å². The summed E-state index contributed by atoms with van der Waals surface area (Å²) in [4.78, 5) is 0. The number of halogens is 2. The van der Waals surface area contributed by atoms with Gasteiger partial charge in [0.25, 0.3) is 0 Å². The molecule has 0 atom stereocenters. The van der Waals surface area contributed by atoms with Crippen molar-refractivity contribution in [2.45, 2.75) is 0 Å². The van der Waals surface area contributed by atoms with Gasteiger partial charge < -0.3 is 0 Å². The zero-order chi connectivity index (χ0) is 10.7. The van der Waals surface area contributed by atoms with Crippen LogP contribution in [0.5, 0.6) is 0 Å². The van der Waals surface area contributed by atoms with E-state index in [2.05, 4.69) is 6.07 Å². The van der Waals surface area contributed by atoms with Crippen molar-refractivity contribution in [2.75, 3.05) is 0 Å². The van der Waals surface area contributed by atoms with Gasteiger partial charge in [0, 0.05) is 0 Å². The van der Waals surface area contributed by atoms with Gasteiger partial charge in [-0.05, 0) is 0 Å². The van der Waals surface area contributed by atoms with E-state index in [4.69, 9.17) is 22.5 Å². The zero-order valence-corrected chi connectivity index (χ0v) is 10.5. The Hall–Kier alpha value is -0.550. The average Bonchev–Trinajstić information content (AvgIpc) is 2.31. The fourth-order valence-electron chi connectivity index (χ4n) is 1.41. The molecule has 0 heterocycles. The Morgan fingerprint density at radius 2 is 1.33 bits per heavy atom. The van der Waals surface area contributed by atoms with Crippen molar-refractivity contribution in [3.63, 3.8) is 0 Å². The van der Waals surface area contributed by atoms with Gasteiger partial charge in [-0.1, -0.05) is 0 Å². The molecular weight excluding hydrogens is 246 g/mol. The Labute approximate surface area is 99.8 Å². The fraction of sp³-hybridized carbons (Fsp3) is 0. The van der Waals surface area contributed by atoms with Gasteiger partial charge in [-0.25, -0.2) is 0 Å². The Morgan fingerprint density at radius 3 is 1.93 bits per heavy atom. The van der Waals surface area contributed by atoms with Gasteiger partial charge in [-0.3, -0.25) is 0 Å². The standard InChI is InChI=1S/C12H10Cl2P/c13-15(14,11-7-3-1-4-8-11)12-9-5-2-6-10-12/h1,3-10,15H. The molecule has 0 saturated carbocycles. The van der Waals surface area contributed by atoms with Crippen LogP contribution in [0.3, 0.4) is 0 Å². The van der Waals surface area contributed by atoms with Crippen molar-refractivity contribution in [1.29, 1.82) is 0 Å². The van der Waals surface area contributed by atoms with E-state index in [1.54, 1.807) is 0 Å². The van der Waals surface area contributed by atoms with Crippen LogP contribution in [-0.4, -0.2) is 0 Å². The maximum atomic E-state index is 6.48. The van der Waals surface area contributed by atoms with Crippen molar-refractivity contribution in [3.8, 4) is 0 Å². The molecule has 0 aliphatic heterocycles. The van der Waals surface area contributed by atoms with Crippen molar-refractivity contribution in [1.82, 2.24) is 0 Å². The summed E-state index contributed by atoms with van der Waals surface area (Å²) in [5, 5.41) is 2.01. The number of benzene rings is 2. The molecule has 0 nitrogen and oxygen atoms in total. The van der Waals surface area contributed by atoms with Gasteiger partial charge in [-0.2, -0.15) is 0 Å². The Morgan fingerprint density at radius 1 is 0.800 bits per heavy atom. The van der Waals surface area contributed by atoms with Gasteiger partial charge in [0.2, 0.25) is 0 Å². The summed E-state index contributed by atoms with van der Waals surface area (Å²) in [6, 6.07) is 20.3. The Bertz CT molecular complexity index is 384. The first-order valence-electron chi connectivity index (χ1n) is 4.61. The molecule has 2 aromatic carbocycles. The SMILES string of the molecule is Cl[PH](Cl)(c1cc[c]cc1)c1ccccc1. The Balaban J connectivity index is 2.44. The van der Waals surface area contributed by atoms with Crippen molar-refractivity contribution >= 4 is 39.1 Å². The van der Waals surface area contributed by atoms with Crippen LogP contribution < -0.4 is 10.6 Å². The maximum absolute atomic E-state index is 6.48. The third-order valence-corrected chi connectivity index (χ3v) is 6.95. The van der Waals surface area contributed by atoms with Crippen LogP contribution >= 0.6 is 28.4 Å². The molecule has 1 radical (unpaired) electrons. The van der Waals surface area contributed by atoms with E-state index >= 15 is 0 Å². The van der Waals surface area contributed by atoms with Crippen LogP contribution in [0.2, 0.25) is 0 Å². The van der Waals surface area contributed by atoms with Crippen LogP contribution in [0.25, 0.3) is 0 Å². The predicted molar refractivity (Wildman–Crippen MR) is 71.0 cm³/mol. The van der Waals surface area contributed by atoms with E-state index in [-0.39, 0.29) is 0 Å². The van der Waals surface area contributed by atoms with Crippen molar-refractivity contribution in [2.24, 2.45) is 0 Å². The number of rotatable bonds is 2. The molecule has 0 bridgehead atoms. The molecular formula is C12H10Cl2P. The minimum absolute atomic E-state index is 0.996. The molecule has 0 spiro atoms. The van der Waals surface area contributed by atoms with E-state index in [0.29, 0.717) is 0 Å². The second kappa shape index (κ2) is 4.53. The first kappa shape index (κ1) is 11.0. The average molecular weight is 256 g/mol. The second-order valence-corrected chi connectivity index (χ2v) is 9.51. The predicted octanol–water partition coefficient (Wildman–Crippen LogP) is 3.50. The first-order valence-corrected chi connectivity index (χ1v) is 8.63. The van der Waals surface area contributed by atoms with Crippen LogP contribution in [-0.2, 0) is 0 Å². The summed E-state index contributed by atoms with van der Waals surface area (Å²) in [5.41, 5.74) is 0. The molecule has 0 N–H and O–H groups in total. The van der Waals surface area contributed by atoms with Gasteiger partial charge in [-0.15, -0.1) is 0 Å². The number of hydrogen-bond donors (Lipinski definition) is 0. The molecule has 3 heteroatoms. The van der Waals surface area contributed by atoms with Gasteiger partial charge >= 0.3 is 99.7 Å². The number of hydrogen-bond acceptors (Lipinski definition) is 0. The quantitative estimate of drug-likeness (QED) is 0.721. The third kappa shape index (κ3) is 2.34. The van der Waals surface area contributed by atoms with Gasteiger partial charge in [0.15, 0.2) is 0 Å². The van der Waals surface area contributed by atoms with Crippen LogP contribution in [0, 0.1) is 6.07 Å². The van der Waals surface area contributed by atoms with Gasteiger partial charge in [0.05, 0.1) is 0 Å². The van der Waals surface area contributed by atoms with Crippen LogP contribution in [0.15, 0.2) is 54.6 Å². The normalized spacial score (nSPS) is 12.4. The zero-order valence-electron chi connectivity index (χ0n) is 7.95. The summed E-state index contributed by atoms with van der Waals surface area (Å²) in [7, 11) is 0. The second-order valence-electron chi connectivity index (χ2n) is 3.23. The molecule has 77 valence electrons. The Kier molecular flexibility index (Phi) is 3.31. The third-order valence-electron chi connectivity index (χ3n) is 2.22. The molecule has 0 aliphatic carbocycles. The van der Waals surface area contributed by atoms with Crippen LogP contribution in [0.4, 0.5) is 0 Å². The molecule has 2 aromatic rings. The molecule has 15 heavy (non-hydrogen) atoms. The summed E-state index contributed by atoms with van der Waals surface area (Å²) in [5.74, 6) is -2.53. The monoisotopic (exact) mass is 255 g/mol. The van der Waals surface area contributed by atoms with E-state index in [1.165, 1.54) is 0 Å². The summed E-state index contributed by atoms with van der Waals surface area (Å²) in [6.45, 7) is 0. The van der Waals surface area contributed by atoms with E-state index in [0.717, 1.165) is 10.6 Å². The molecule has 0 aliphatic rings. The summed E-state index contributed by atoms with van der Waals surface area (Å²) < 4.78 is 0. The van der Waals surface area contributed by atoms with Crippen molar-refractivity contribution < 1.29 is 0 Å². The molecule has 2 rings (SSSR count). The van der Waals surface area contributed by atoms with Crippen molar-refractivity contribution in [3.05, 3.63) is 60.7 Å². The topological polar surface area (TPSA) is 0 Å². The van der Waals surface area contributed by atoms with Gasteiger partial charge in [0.1, 0.15) is 0 Å². The molecule has 0 saturated heterocycles. The molecule has 0 amide bonds. The van der Waals surface area contributed by atoms with E-state index in [1.807, 2.05) is 54.6 Å².